The number of hydrogen-bond donors (Lipinski definition) is 1. The van der Waals surface area contributed by atoms with E-state index in [1.165, 1.54) is 0 Å². The molecule has 0 spiro atoms. The van der Waals surface area contributed by atoms with Crippen LogP contribution in [0.1, 0.15) is 33.2 Å². The minimum Gasteiger partial charge on any atom is -0.457 e. The highest BCUT2D eigenvalue weighted by molar-refractivity contribution is 9.10. The Morgan fingerprint density at radius 3 is 2.55 bits per heavy atom. The maximum atomic E-state index is 13.0. The van der Waals surface area contributed by atoms with Crippen LogP contribution in [-0.2, 0) is 0 Å². The number of carbonyl (C=O) groups is 1. The lowest BCUT2D eigenvalue weighted by molar-refractivity contribution is 0.0702. The first kappa shape index (κ1) is 25.3. The van der Waals surface area contributed by atoms with Crippen molar-refractivity contribution < 1.29 is 23.4 Å². The van der Waals surface area contributed by atoms with Gasteiger partial charge in [-0.25, -0.2) is 4.79 Å². The third kappa shape index (κ3) is 4.68. The van der Waals surface area contributed by atoms with Crippen LogP contribution in [0.2, 0.25) is 0 Å². The zero-order chi connectivity index (χ0) is 27.8. The fourth-order valence-corrected chi connectivity index (χ4v) is 5.11. The SMILES string of the molecule is Cc1c(C(=O)Oc2ccc3c(c2)OC(N)=C(C#N)C3c2cccc(Oc3ccccc3)c2)oc2cc(Br)ccc12. The number of nitriles is 1. The van der Waals surface area contributed by atoms with Gasteiger partial charge in [-0.3, -0.25) is 0 Å². The van der Waals surface area contributed by atoms with Crippen LogP contribution >= 0.6 is 15.9 Å². The highest BCUT2D eigenvalue weighted by atomic mass is 79.9. The van der Waals surface area contributed by atoms with Gasteiger partial charge in [0.05, 0.1) is 5.92 Å². The second kappa shape index (κ2) is 10.3. The van der Waals surface area contributed by atoms with Gasteiger partial charge in [0.1, 0.15) is 40.2 Å². The first-order chi connectivity index (χ1) is 19.4. The van der Waals surface area contributed by atoms with Crippen molar-refractivity contribution in [3.8, 4) is 29.1 Å². The number of allylic oxidation sites excluding steroid dienone is 1. The third-order valence-corrected chi connectivity index (χ3v) is 7.15. The summed E-state index contributed by atoms with van der Waals surface area (Å²) in [6.45, 7) is 1.81. The molecule has 0 fully saturated rings. The quantitative estimate of drug-likeness (QED) is 0.164. The van der Waals surface area contributed by atoms with E-state index < -0.39 is 11.9 Å². The number of rotatable bonds is 5. The molecule has 1 aliphatic rings. The normalized spacial score (nSPS) is 14.3. The smallest absolute Gasteiger partial charge is 0.379 e. The zero-order valence-electron chi connectivity index (χ0n) is 21.2. The lowest BCUT2D eigenvalue weighted by Crippen LogP contribution is -2.21. The molecule has 1 aliphatic heterocycles. The molecule has 40 heavy (non-hydrogen) atoms. The van der Waals surface area contributed by atoms with Crippen molar-refractivity contribution in [3.05, 3.63) is 129 Å². The second-order valence-electron chi connectivity index (χ2n) is 9.20. The van der Waals surface area contributed by atoms with Crippen LogP contribution in [0, 0.1) is 18.3 Å². The number of fused-ring (bicyclic) bond motifs is 2. The van der Waals surface area contributed by atoms with Crippen LogP contribution < -0.4 is 19.9 Å². The predicted octanol–water partition coefficient (Wildman–Crippen LogP) is 7.73. The number of para-hydroxylation sites is 1. The van der Waals surface area contributed by atoms with Crippen molar-refractivity contribution in [1.82, 2.24) is 0 Å². The number of furan rings is 1. The lowest BCUT2D eigenvalue weighted by Gasteiger charge is -2.27. The van der Waals surface area contributed by atoms with Gasteiger partial charge in [0.2, 0.25) is 11.6 Å². The van der Waals surface area contributed by atoms with E-state index in [1.54, 1.807) is 31.2 Å². The number of nitrogens with zero attached hydrogens (tertiary/aromatic N) is 1. The molecule has 7 nitrogen and oxygen atoms in total. The number of aryl methyl sites for hydroxylation is 1. The number of halogens is 1. The first-order valence-electron chi connectivity index (χ1n) is 12.4. The molecule has 1 atom stereocenters. The summed E-state index contributed by atoms with van der Waals surface area (Å²) in [5.74, 6) is 0.901. The van der Waals surface area contributed by atoms with Gasteiger partial charge in [0.15, 0.2) is 0 Å². The molecule has 0 amide bonds. The minimum absolute atomic E-state index is 0.0171. The Hall–Kier alpha value is -5.00. The average Bonchev–Trinajstić information content (AvgIpc) is 3.28. The van der Waals surface area contributed by atoms with Crippen LogP contribution in [0.15, 0.2) is 111 Å². The number of nitrogens with two attached hydrogens (primary N) is 1. The molecule has 0 saturated carbocycles. The Morgan fingerprint density at radius 2 is 1.75 bits per heavy atom. The van der Waals surface area contributed by atoms with Gasteiger partial charge in [-0.1, -0.05) is 52.3 Å². The summed E-state index contributed by atoms with van der Waals surface area (Å²) in [4.78, 5) is 13.0. The topological polar surface area (TPSA) is 108 Å². The third-order valence-electron chi connectivity index (χ3n) is 6.66. The summed E-state index contributed by atoms with van der Waals surface area (Å²) in [7, 11) is 0. The van der Waals surface area contributed by atoms with E-state index in [0.717, 1.165) is 15.4 Å². The van der Waals surface area contributed by atoms with Gasteiger partial charge < -0.3 is 24.4 Å². The Morgan fingerprint density at radius 1 is 0.950 bits per heavy atom. The Kier molecular flexibility index (Phi) is 6.50. The van der Waals surface area contributed by atoms with Gasteiger partial charge in [0.25, 0.3) is 0 Å². The largest absolute Gasteiger partial charge is 0.457 e. The van der Waals surface area contributed by atoms with Gasteiger partial charge in [0, 0.05) is 27.1 Å². The number of esters is 1. The molecule has 5 aromatic rings. The van der Waals surface area contributed by atoms with Gasteiger partial charge in [-0.2, -0.15) is 5.26 Å². The highest BCUT2D eigenvalue weighted by Crippen LogP contribution is 2.44. The molecule has 6 rings (SSSR count). The van der Waals surface area contributed by atoms with Crippen molar-refractivity contribution in [2.75, 3.05) is 0 Å². The Labute approximate surface area is 238 Å². The van der Waals surface area contributed by atoms with E-state index in [-0.39, 0.29) is 23.0 Å². The molecule has 0 aliphatic carbocycles. The van der Waals surface area contributed by atoms with E-state index in [9.17, 15) is 10.1 Å². The van der Waals surface area contributed by atoms with Crippen molar-refractivity contribution in [2.24, 2.45) is 5.73 Å². The van der Waals surface area contributed by atoms with Crippen LogP contribution in [0.25, 0.3) is 11.0 Å². The molecule has 196 valence electrons. The van der Waals surface area contributed by atoms with Crippen molar-refractivity contribution in [2.45, 2.75) is 12.8 Å². The van der Waals surface area contributed by atoms with E-state index in [0.29, 0.717) is 34.0 Å². The van der Waals surface area contributed by atoms with Crippen molar-refractivity contribution in [3.63, 3.8) is 0 Å². The van der Waals surface area contributed by atoms with E-state index in [1.807, 2.05) is 66.7 Å². The molecule has 4 aromatic carbocycles. The summed E-state index contributed by atoms with van der Waals surface area (Å²) in [6.07, 6.45) is 0. The van der Waals surface area contributed by atoms with Crippen molar-refractivity contribution in [1.29, 1.82) is 5.26 Å². The zero-order valence-corrected chi connectivity index (χ0v) is 22.8. The fourth-order valence-electron chi connectivity index (χ4n) is 4.77. The summed E-state index contributed by atoms with van der Waals surface area (Å²) in [5, 5.41) is 10.8. The monoisotopic (exact) mass is 592 g/mol. The van der Waals surface area contributed by atoms with Gasteiger partial charge >= 0.3 is 5.97 Å². The summed E-state index contributed by atoms with van der Waals surface area (Å²) < 4.78 is 24.1. The van der Waals surface area contributed by atoms with Gasteiger partial charge in [-0.05, 0) is 61.0 Å². The lowest BCUT2D eigenvalue weighted by atomic mass is 9.83. The minimum atomic E-state index is -0.635. The fraction of sp³-hybridized carbons (Fsp3) is 0.0625. The van der Waals surface area contributed by atoms with E-state index >= 15 is 0 Å². The molecule has 2 N–H and O–H groups in total. The molecular formula is C32H21BrN2O5. The van der Waals surface area contributed by atoms with Crippen LogP contribution in [0.4, 0.5) is 0 Å². The summed E-state index contributed by atoms with van der Waals surface area (Å²) in [5.41, 5.74) is 9.23. The van der Waals surface area contributed by atoms with Crippen LogP contribution in [0.3, 0.4) is 0 Å². The van der Waals surface area contributed by atoms with E-state index in [2.05, 4.69) is 22.0 Å². The standard InChI is InChI=1S/C32H21BrN2O5/c1-18-24-12-10-20(33)15-27(24)39-30(18)32(36)38-23-11-13-25-28(16-23)40-31(35)26(17-34)29(25)19-6-5-9-22(14-19)37-21-7-3-2-4-8-21/h2-16,29H,35H2,1H3. The molecule has 1 unspecified atom stereocenters. The Bertz CT molecular complexity index is 1850. The van der Waals surface area contributed by atoms with Crippen LogP contribution in [-0.4, -0.2) is 5.97 Å². The molecular weight excluding hydrogens is 572 g/mol. The molecule has 8 heteroatoms. The average molecular weight is 593 g/mol. The summed E-state index contributed by atoms with van der Waals surface area (Å²) in [6, 6.07) is 29.7. The number of ether oxygens (including phenoxy) is 3. The highest BCUT2D eigenvalue weighted by Gasteiger charge is 2.31. The molecule has 0 saturated heterocycles. The first-order valence-corrected chi connectivity index (χ1v) is 13.2. The van der Waals surface area contributed by atoms with Gasteiger partial charge in [-0.15, -0.1) is 0 Å². The van der Waals surface area contributed by atoms with E-state index in [4.69, 9.17) is 24.4 Å². The molecule has 0 bridgehead atoms. The number of carbonyl (C=O) groups excluding carboxylic acids is 1. The second-order valence-corrected chi connectivity index (χ2v) is 10.1. The maximum Gasteiger partial charge on any atom is 0.379 e. The maximum absolute atomic E-state index is 13.0. The molecule has 1 aromatic heterocycles. The Balaban J connectivity index is 1.31. The van der Waals surface area contributed by atoms with Crippen LogP contribution in [0.5, 0.6) is 23.0 Å². The number of benzene rings is 4. The predicted molar refractivity (Wildman–Crippen MR) is 152 cm³/mol. The molecule has 0 radical (unpaired) electrons. The van der Waals surface area contributed by atoms with Crippen molar-refractivity contribution >= 4 is 32.9 Å². The number of hydrogen-bond acceptors (Lipinski definition) is 7. The summed E-state index contributed by atoms with van der Waals surface area (Å²) >= 11 is 3.42. The molecule has 2 heterocycles.